The predicted molar refractivity (Wildman–Crippen MR) is 63.6 cm³/mol. The van der Waals surface area contributed by atoms with Crippen molar-refractivity contribution in [3.63, 3.8) is 0 Å². The molecule has 2 aliphatic rings. The van der Waals surface area contributed by atoms with Crippen LogP contribution in [0, 0.1) is 0 Å². The van der Waals surface area contributed by atoms with Crippen molar-refractivity contribution in [1.82, 2.24) is 5.32 Å². The van der Waals surface area contributed by atoms with Crippen molar-refractivity contribution in [1.29, 1.82) is 0 Å². The zero-order chi connectivity index (χ0) is 14.3. The molecule has 0 spiro atoms. The number of benzene rings is 1. The fourth-order valence-corrected chi connectivity index (χ4v) is 2.69. The molecule has 7 heteroatoms. The van der Waals surface area contributed by atoms with Gasteiger partial charge in [0.05, 0.1) is 6.61 Å². The first-order chi connectivity index (χ1) is 9.46. The molecule has 2 unspecified atom stereocenters. The summed E-state index contributed by atoms with van der Waals surface area (Å²) < 4.78 is 34.9. The van der Waals surface area contributed by atoms with Crippen LogP contribution < -0.4 is 10.1 Å². The van der Waals surface area contributed by atoms with Crippen molar-refractivity contribution in [3.8, 4) is 5.75 Å². The van der Waals surface area contributed by atoms with Gasteiger partial charge in [-0.25, -0.2) is 0 Å². The summed E-state index contributed by atoms with van der Waals surface area (Å²) in [6.45, 7) is 0.247. The monoisotopic (exact) mass is 285 g/mol. The van der Waals surface area contributed by atoms with Crippen molar-refractivity contribution in [3.05, 3.63) is 29.3 Å². The van der Waals surface area contributed by atoms with Crippen LogP contribution in [0.25, 0.3) is 0 Å². The Kier molecular flexibility index (Phi) is 3.10. The van der Waals surface area contributed by atoms with Gasteiger partial charge >= 0.3 is 12.3 Å². The standard InChI is InChI=1S/C13H13F2NO4/c14-13(15)19-6-9-8(2-1-3-11(9)20-13)7-4-10(12(17)18)16-5-7/h1-3,7,10,16H,4-6H2,(H,17,18). The molecule has 0 saturated carbocycles. The van der Waals surface area contributed by atoms with E-state index in [1.165, 1.54) is 6.07 Å². The molecule has 3 rings (SSSR count). The molecule has 0 aromatic heterocycles. The summed E-state index contributed by atoms with van der Waals surface area (Å²) in [6, 6.07) is 4.28. The number of fused-ring (bicyclic) bond motifs is 1. The average Bonchev–Trinajstić information content (AvgIpc) is 2.86. The van der Waals surface area contributed by atoms with E-state index in [0.29, 0.717) is 18.5 Å². The van der Waals surface area contributed by atoms with Gasteiger partial charge < -0.3 is 15.2 Å². The minimum absolute atomic E-state index is 0.0510. The molecule has 2 atom stereocenters. The van der Waals surface area contributed by atoms with Crippen LogP contribution in [0.1, 0.15) is 23.5 Å². The van der Waals surface area contributed by atoms with Crippen molar-refractivity contribution >= 4 is 5.97 Å². The van der Waals surface area contributed by atoms with Gasteiger partial charge in [0.15, 0.2) is 0 Å². The predicted octanol–water partition coefficient (Wildman–Crippen LogP) is 1.68. The van der Waals surface area contributed by atoms with Gasteiger partial charge in [0.2, 0.25) is 0 Å². The fourth-order valence-electron chi connectivity index (χ4n) is 2.69. The lowest BCUT2D eigenvalue weighted by atomic mass is 9.91. The Hall–Kier alpha value is -1.73. The van der Waals surface area contributed by atoms with Gasteiger partial charge in [0, 0.05) is 12.1 Å². The molecule has 1 aromatic rings. The maximum absolute atomic E-state index is 13.0. The Labute approximate surface area is 113 Å². The largest absolute Gasteiger partial charge is 0.535 e. The number of carboxylic acid groups (broad SMARTS) is 1. The second kappa shape index (κ2) is 4.68. The number of hydrogen-bond donors (Lipinski definition) is 2. The van der Waals surface area contributed by atoms with E-state index in [-0.39, 0.29) is 18.3 Å². The minimum Gasteiger partial charge on any atom is -0.480 e. The summed E-state index contributed by atoms with van der Waals surface area (Å²) in [5.74, 6) is -0.862. The molecular formula is C13H13F2NO4. The van der Waals surface area contributed by atoms with E-state index in [1.807, 2.05) is 0 Å². The van der Waals surface area contributed by atoms with Crippen LogP contribution in [-0.4, -0.2) is 30.0 Å². The zero-order valence-electron chi connectivity index (χ0n) is 10.4. The fraction of sp³-hybridized carbons (Fsp3) is 0.462. The maximum Gasteiger partial charge on any atom is 0.535 e. The number of alkyl halides is 2. The average molecular weight is 285 g/mol. The van der Waals surface area contributed by atoms with Crippen LogP contribution in [0.2, 0.25) is 0 Å². The first kappa shape index (κ1) is 13.3. The molecule has 0 amide bonds. The van der Waals surface area contributed by atoms with Gasteiger partial charge in [-0.05, 0) is 24.0 Å². The summed E-state index contributed by atoms with van der Waals surface area (Å²) in [5.41, 5.74) is 1.37. The quantitative estimate of drug-likeness (QED) is 0.865. The first-order valence-corrected chi connectivity index (χ1v) is 6.25. The number of carboxylic acids is 1. The molecule has 0 bridgehead atoms. The number of aliphatic carboxylic acids is 1. The van der Waals surface area contributed by atoms with Gasteiger partial charge in [-0.15, -0.1) is 8.78 Å². The molecule has 1 fully saturated rings. The smallest absolute Gasteiger partial charge is 0.480 e. The van der Waals surface area contributed by atoms with E-state index >= 15 is 0 Å². The van der Waals surface area contributed by atoms with Gasteiger partial charge in [-0.2, -0.15) is 0 Å². The summed E-state index contributed by atoms with van der Waals surface area (Å²) in [5, 5.41) is 11.9. The molecule has 1 saturated heterocycles. The third-order valence-corrected chi connectivity index (χ3v) is 3.65. The molecule has 2 N–H and O–H groups in total. The van der Waals surface area contributed by atoms with E-state index in [0.717, 1.165) is 5.56 Å². The van der Waals surface area contributed by atoms with Gasteiger partial charge in [-0.1, -0.05) is 12.1 Å². The molecule has 5 nitrogen and oxygen atoms in total. The van der Waals surface area contributed by atoms with Gasteiger partial charge in [0.1, 0.15) is 11.8 Å². The van der Waals surface area contributed by atoms with E-state index in [1.54, 1.807) is 12.1 Å². The zero-order valence-corrected chi connectivity index (χ0v) is 10.4. The maximum atomic E-state index is 13.0. The molecule has 0 radical (unpaired) electrons. The van der Waals surface area contributed by atoms with Crippen LogP contribution >= 0.6 is 0 Å². The first-order valence-electron chi connectivity index (χ1n) is 6.25. The molecule has 2 heterocycles. The summed E-state index contributed by atoms with van der Waals surface area (Å²) in [4.78, 5) is 10.9. The normalized spacial score (nSPS) is 27.7. The Balaban J connectivity index is 1.87. The molecular weight excluding hydrogens is 272 g/mol. The highest BCUT2D eigenvalue weighted by atomic mass is 19.3. The van der Waals surface area contributed by atoms with E-state index < -0.39 is 18.3 Å². The number of nitrogens with one attached hydrogen (secondary N) is 1. The van der Waals surface area contributed by atoms with E-state index in [2.05, 4.69) is 14.8 Å². The number of halogens is 2. The van der Waals surface area contributed by atoms with Crippen LogP contribution in [0.5, 0.6) is 5.75 Å². The third kappa shape index (κ3) is 2.34. The second-order valence-electron chi connectivity index (χ2n) is 4.91. The molecule has 0 aliphatic carbocycles. The molecule has 2 aliphatic heterocycles. The summed E-state index contributed by atoms with van der Waals surface area (Å²) in [6.07, 6.45) is -3.19. The van der Waals surface area contributed by atoms with Crippen molar-refractivity contribution in [2.24, 2.45) is 0 Å². The lowest BCUT2D eigenvalue weighted by molar-refractivity contribution is -0.368. The lowest BCUT2D eigenvalue weighted by Gasteiger charge is -2.27. The Morgan fingerprint density at radius 2 is 2.25 bits per heavy atom. The third-order valence-electron chi connectivity index (χ3n) is 3.65. The highest BCUT2D eigenvalue weighted by Gasteiger charge is 2.40. The van der Waals surface area contributed by atoms with Gasteiger partial charge in [0.25, 0.3) is 0 Å². The van der Waals surface area contributed by atoms with Crippen molar-refractivity contribution in [2.75, 3.05) is 6.54 Å². The highest BCUT2D eigenvalue weighted by Crippen LogP contribution is 2.39. The Bertz CT molecular complexity index is 549. The van der Waals surface area contributed by atoms with E-state index in [9.17, 15) is 13.6 Å². The van der Waals surface area contributed by atoms with Crippen LogP contribution in [-0.2, 0) is 16.1 Å². The number of carbonyl (C=O) groups is 1. The van der Waals surface area contributed by atoms with E-state index in [4.69, 9.17) is 5.11 Å². The van der Waals surface area contributed by atoms with Crippen molar-refractivity contribution < 1.29 is 28.2 Å². The second-order valence-corrected chi connectivity index (χ2v) is 4.91. The Morgan fingerprint density at radius 1 is 1.45 bits per heavy atom. The number of rotatable bonds is 2. The molecule has 20 heavy (non-hydrogen) atoms. The van der Waals surface area contributed by atoms with Crippen LogP contribution in [0.3, 0.4) is 0 Å². The van der Waals surface area contributed by atoms with Crippen molar-refractivity contribution in [2.45, 2.75) is 31.3 Å². The summed E-state index contributed by atoms with van der Waals surface area (Å²) >= 11 is 0. The number of ether oxygens (including phenoxy) is 2. The molecule has 108 valence electrons. The van der Waals surface area contributed by atoms with Gasteiger partial charge in [-0.3, -0.25) is 9.53 Å². The SMILES string of the molecule is O=C(O)C1CC(c2cccc3c2COC(F)(F)O3)CN1. The summed E-state index contributed by atoms with van der Waals surface area (Å²) in [7, 11) is 0. The number of hydrogen-bond acceptors (Lipinski definition) is 4. The minimum atomic E-state index is -3.61. The topological polar surface area (TPSA) is 67.8 Å². The molecule has 1 aromatic carbocycles. The lowest BCUT2D eigenvalue weighted by Crippen LogP contribution is -2.33. The van der Waals surface area contributed by atoms with Crippen LogP contribution in [0.15, 0.2) is 18.2 Å². The van der Waals surface area contributed by atoms with Crippen LogP contribution in [0.4, 0.5) is 8.78 Å². The highest BCUT2D eigenvalue weighted by molar-refractivity contribution is 5.74. The Morgan fingerprint density at radius 3 is 2.95 bits per heavy atom.